The topological polar surface area (TPSA) is 38.9 Å². The SMILES string of the molecule is Cc1ccc(-c2ncon2)cc1C. The van der Waals surface area contributed by atoms with Crippen molar-refractivity contribution in [3.05, 3.63) is 35.7 Å². The Morgan fingerprint density at radius 2 is 2.00 bits per heavy atom. The van der Waals surface area contributed by atoms with Gasteiger partial charge in [-0.15, -0.1) is 0 Å². The summed E-state index contributed by atoms with van der Waals surface area (Å²) in [4.78, 5) is 3.98. The lowest BCUT2D eigenvalue weighted by molar-refractivity contribution is 0.419. The predicted molar refractivity (Wildman–Crippen MR) is 49.2 cm³/mol. The molecule has 0 atom stereocenters. The minimum Gasteiger partial charge on any atom is -0.342 e. The summed E-state index contributed by atoms with van der Waals surface area (Å²) in [6.07, 6.45) is 1.34. The molecule has 0 N–H and O–H groups in total. The number of hydrogen-bond donors (Lipinski definition) is 0. The summed E-state index contributed by atoms with van der Waals surface area (Å²) in [5.74, 6) is 0.642. The molecule has 1 heterocycles. The average molecular weight is 174 g/mol. The highest BCUT2D eigenvalue weighted by Gasteiger charge is 2.03. The standard InChI is InChI=1S/C10H10N2O/c1-7-3-4-9(5-8(7)2)10-11-6-13-12-10/h3-6H,1-2H3. The first kappa shape index (κ1) is 7.98. The van der Waals surface area contributed by atoms with Gasteiger partial charge in [0.05, 0.1) is 0 Å². The fourth-order valence-corrected chi connectivity index (χ4v) is 1.18. The van der Waals surface area contributed by atoms with Crippen LogP contribution in [0.4, 0.5) is 0 Å². The lowest BCUT2D eigenvalue weighted by Crippen LogP contribution is -1.84. The highest BCUT2D eigenvalue weighted by molar-refractivity contribution is 5.56. The zero-order valence-corrected chi connectivity index (χ0v) is 7.61. The molecule has 2 aromatic rings. The molecule has 0 fully saturated rings. The van der Waals surface area contributed by atoms with Crippen LogP contribution in [0.5, 0.6) is 0 Å². The highest BCUT2D eigenvalue weighted by atomic mass is 16.5. The van der Waals surface area contributed by atoms with Crippen molar-refractivity contribution in [2.45, 2.75) is 13.8 Å². The van der Waals surface area contributed by atoms with Crippen molar-refractivity contribution in [2.24, 2.45) is 0 Å². The molecule has 0 aliphatic carbocycles. The fraction of sp³-hybridized carbons (Fsp3) is 0.200. The largest absolute Gasteiger partial charge is 0.342 e. The maximum atomic E-state index is 4.68. The molecule has 0 amide bonds. The Labute approximate surface area is 76.4 Å². The van der Waals surface area contributed by atoms with Gasteiger partial charge >= 0.3 is 0 Å². The van der Waals surface area contributed by atoms with Crippen molar-refractivity contribution in [2.75, 3.05) is 0 Å². The van der Waals surface area contributed by atoms with E-state index in [0.29, 0.717) is 5.82 Å². The van der Waals surface area contributed by atoms with Crippen LogP contribution in [0.2, 0.25) is 0 Å². The molecule has 0 saturated carbocycles. The molecule has 0 radical (unpaired) electrons. The maximum absolute atomic E-state index is 4.68. The van der Waals surface area contributed by atoms with Crippen LogP contribution in [-0.4, -0.2) is 10.1 Å². The van der Waals surface area contributed by atoms with E-state index in [1.54, 1.807) is 0 Å². The second-order valence-electron chi connectivity index (χ2n) is 3.05. The molecule has 3 heteroatoms. The lowest BCUT2D eigenvalue weighted by Gasteiger charge is -2.00. The Morgan fingerprint density at radius 1 is 1.15 bits per heavy atom. The first-order chi connectivity index (χ1) is 6.27. The van der Waals surface area contributed by atoms with Crippen LogP contribution >= 0.6 is 0 Å². The molecular formula is C10H10N2O. The average Bonchev–Trinajstić information content (AvgIpc) is 2.62. The molecule has 13 heavy (non-hydrogen) atoms. The Balaban J connectivity index is 2.49. The Bertz CT molecular complexity index is 407. The van der Waals surface area contributed by atoms with Gasteiger partial charge in [0, 0.05) is 5.56 Å². The summed E-state index contributed by atoms with van der Waals surface area (Å²) in [5.41, 5.74) is 3.51. The van der Waals surface area contributed by atoms with Crippen LogP contribution in [0.15, 0.2) is 29.1 Å². The minimum atomic E-state index is 0.642. The summed E-state index contributed by atoms with van der Waals surface area (Å²) in [6, 6.07) is 6.11. The summed E-state index contributed by atoms with van der Waals surface area (Å²) >= 11 is 0. The molecule has 2 rings (SSSR count). The van der Waals surface area contributed by atoms with Crippen molar-refractivity contribution < 1.29 is 4.52 Å². The van der Waals surface area contributed by atoms with E-state index in [0.717, 1.165) is 5.56 Å². The van der Waals surface area contributed by atoms with Crippen molar-refractivity contribution in [1.82, 2.24) is 10.1 Å². The van der Waals surface area contributed by atoms with Gasteiger partial charge in [0.2, 0.25) is 12.2 Å². The van der Waals surface area contributed by atoms with E-state index in [4.69, 9.17) is 0 Å². The molecule has 0 saturated heterocycles. The van der Waals surface area contributed by atoms with Crippen molar-refractivity contribution in [3.63, 3.8) is 0 Å². The Morgan fingerprint density at radius 3 is 2.62 bits per heavy atom. The molecule has 1 aromatic carbocycles. The third-order valence-corrected chi connectivity index (χ3v) is 2.13. The maximum Gasteiger partial charge on any atom is 0.214 e. The van der Waals surface area contributed by atoms with E-state index < -0.39 is 0 Å². The third-order valence-electron chi connectivity index (χ3n) is 2.13. The van der Waals surface area contributed by atoms with Gasteiger partial charge in [-0.25, -0.2) is 0 Å². The smallest absolute Gasteiger partial charge is 0.214 e. The first-order valence-corrected chi connectivity index (χ1v) is 4.11. The van der Waals surface area contributed by atoms with Crippen molar-refractivity contribution >= 4 is 0 Å². The first-order valence-electron chi connectivity index (χ1n) is 4.11. The number of aryl methyl sites for hydroxylation is 2. The van der Waals surface area contributed by atoms with Gasteiger partial charge in [-0.2, -0.15) is 4.98 Å². The minimum absolute atomic E-state index is 0.642. The zero-order chi connectivity index (χ0) is 9.26. The van der Waals surface area contributed by atoms with Crippen LogP contribution in [0.25, 0.3) is 11.4 Å². The van der Waals surface area contributed by atoms with Gasteiger partial charge in [-0.3, -0.25) is 0 Å². The number of nitrogens with zero attached hydrogens (tertiary/aromatic N) is 2. The quantitative estimate of drug-likeness (QED) is 0.666. The molecular weight excluding hydrogens is 164 g/mol. The zero-order valence-electron chi connectivity index (χ0n) is 7.61. The summed E-state index contributed by atoms with van der Waals surface area (Å²) in [5, 5.41) is 3.77. The summed E-state index contributed by atoms with van der Waals surface area (Å²) in [6.45, 7) is 4.15. The Hall–Kier alpha value is -1.64. The monoisotopic (exact) mass is 174 g/mol. The van der Waals surface area contributed by atoms with Gasteiger partial charge in [0.15, 0.2) is 0 Å². The second kappa shape index (κ2) is 3.01. The summed E-state index contributed by atoms with van der Waals surface area (Å²) in [7, 11) is 0. The molecule has 1 aromatic heterocycles. The van der Waals surface area contributed by atoms with Gasteiger partial charge in [0.25, 0.3) is 0 Å². The van der Waals surface area contributed by atoms with E-state index >= 15 is 0 Å². The molecule has 0 aliphatic rings. The number of rotatable bonds is 1. The van der Waals surface area contributed by atoms with Crippen LogP contribution in [0.1, 0.15) is 11.1 Å². The molecule has 0 bridgehead atoms. The van der Waals surface area contributed by atoms with Crippen LogP contribution < -0.4 is 0 Å². The van der Waals surface area contributed by atoms with Gasteiger partial charge in [0.1, 0.15) is 0 Å². The number of aromatic nitrogens is 2. The van der Waals surface area contributed by atoms with E-state index in [2.05, 4.69) is 40.6 Å². The Kier molecular flexibility index (Phi) is 1.85. The van der Waals surface area contributed by atoms with Gasteiger partial charge in [-0.1, -0.05) is 17.3 Å². The van der Waals surface area contributed by atoms with Gasteiger partial charge in [-0.05, 0) is 31.0 Å². The molecule has 0 aliphatic heterocycles. The van der Waals surface area contributed by atoms with E-state index in [9.17, 15) is 0 Å². The van der Waals surface area contributed by atoms with E-state index in [-0.39, 0.29) is 0 Å². The molecule has 0 unspecified atom stereocenters. The number of benzene rings is 1. The normalized spacial score (nSPS) is 10.3. The van der Waals surface area contributed by atoms with E-state index in [1.807, 2.05) is 6.07 Å². The third kappa shape index (κ3) is 1.45. The molecule has 3 nitrogen and oxygen atoms in total. The highest BCUT2D eigenvalue weighted by Crippen LogP contribution is 2.17. The van der Waals surface area contributed by atoms with Crippen LogP contribution in [-0.2, 0) is 0 Å². The van der Waals surface area contributed by atoms with Crippen LogP contribution in [0.3, 0.4) is 0 Å². The number of hydrogen-bond acceptors (Lipinski definition) is 3. The summed E-state index contributed by atoms with van der Waals surface area (Å²) < 4.78 is 4.68. The second-order valence-corrected chi connectivity index (χ2v) is 3.05. The van der Waals surface area contributed by atoms with Crippen molar-refractivity contribution in [3.8, 4) is 11.4 Å². The predicted octanol–water partition coefficient (Wildman–Crippen LogP) is 2.35. The van der Waals surface area contributed by atoms with Crippen LogP contribution in [0, 0.1) is 13.8 Å². The molecule has 0 spiro atoms. The molecule has 66 valence electrons. The van der Waals surface area contributed by atoms with Crippen molar-refractivity contribution in [1.29, 1.82) is 0 Å². The lowest BCUT2D eigenvalue weighted by atomic mass is 10.1. The fourth-order valence-electron chi connectivity index (χ4n) is 1.18. The van der Waals surface area contributed by atoms with Gasteiger partial charge < -0.3 is 4.52 Å². The van der Waals surface area contributed by atoms with E-state index in [1.165, 1.54) is 17.5 Å².